The van der Waals surface area contributed by atoms with Gasteiger partial charge in [-0.15, -0.1) is 0 Å². The minimum absolute atomic E-state index is 0.269. The highest BCUT2D eigenvalue weighted by molar-refractivity contribution is 4.89. The average molecular weight is 238 g/mol. The second-order valence-corrected chi connectivity index (χ2v) is 3.83. The van der Waals surface area contributed by atoms with Crippen molar-refractivity contribution in [2.45, 2.75) is 43.7 Å². The minimum atomic E-state index is -1.46. The molecular formula is C9H18O7. The molecule has 1 saturated heterocycles. The third-order valence-electron chi connectivity index (χ3n) is 2.47. The minimum Gasteiger partial charge on any atom is -0.394 e. The summed E-state index contributed by atoms with van der Waals surface area (Å²) in [6.45, 7) is 0.786. The molecule has 16 heavy (non-hydrogen) atoms. The van der Waals surface area contributed by atoms with Crippen LogP contribution in [0.4, 0.5) is 0 Å². The Morgan fingerprint density at radius 2 is 1.75 bits per heavy atom. The molecule has 0 spiro atoms. The van der Waals surface area contributed by atoms with E-state index in [1.54, 1.807) is 6.92 Å². The van der Waals surface area contributed by atoms with Gasteiger partial charge in [0.15, 0.2) is 6.29 Å². The van der Waals surface area contributed by atoms with Gasteiger partial charge in [-0.2, -0.15) is 0 Å². The van der Waals surface area contributed by atoms with Gasteiger partial charge >= 0.3 is 0 Å². The smallest absolute Gasteiger partial charge is 0.187 e. The molecule has 96 valence electrons. The van der Waals surface area contributed by atoms with Crippen LogP contribution in [0.25, 0.3) is 0 Å². The number of hydrogen-bond donors (Lipinski definition) is 5. The molecule has 1 heterocycles. The molecule has 7 heteroatoms. The summed E-state index contributed by atoms with van der Waals surface area (Å²) in [5.74, 6) is 0. The van der Waals surface area contributed by atoms with E-state index < -0.39 is 43.4 Å². The SMILES string of the molecule is CC(CO)OC1OC(CO)[C@H](O)[C@H](O)C1O. The van der Waals surface area contributed by atoms with Crippen LogP contribution in [0, 0.1) is 0 Å². The van der Waals surface area contributed by atoms with Crippen LogP contribution < -0.4 is 0 Å². The Kier molecular flexibility index (Phi) is 5.06. The highest BCUT2D eigenvalue weighted by Crippen LogP contribution is 2.22. The number of aliphatic hydroxyl groups excluding tert-OH is 5. The molecule has 1 rings (SSSR count). The van der Waals surface area contributed by atoms with Crippen molar-refractivity contribution in [2.24, 2.45) is 0 Å². The summed E-state index contributed by atoms with van der Waals surface area (Å²) in [5.41, 5.74) is 0. The third-order valence-corrected chi connectivity index (χ3v) is 2.47. The van der Waals surface area contributed by atoms with E-state index in [0.717, 1.165) is 0 Å². The fourth-order valence-corrected chi connectivity index (χ4v) is 1.45. The first-order valence-electron chi connectivity index (χ1n) is 5.08. The Balaban J connectivity index is 2.63. The van der Waals surface area contributed by atoms with Crippen molar-refractivity contribution in [2.75, 3.05) is 13.2 Å². The van der Waals surface area contributed by atoms with Crippen molar-refractivity contribution in [3.63, 3.8) is 0 Å². The molecule has 5 N–H and O–H groups in total. The van der Waals surface area contributed by atoms with Gasteiger partial charge in [0.25, 0.3) is 0 Å². The van der Waals surface area contributed by atoms with Gasteiger partial charge in [-0.3, -0.25) is 0 Å². The molecule has 0 saturated carbocycles. The van der Waals surface area contributed by atoms with Crippen LogP contribution in [0.15, 0.2) is 0 Å². The molecule has 0 aliphatic carbocycles. The van der Waals surface area contributed by atoms with Gasteiger partial charge in [0.1, 0.15) is 24.4 Å². The molecule has 0 aromatic carbocycles. The van der Waals surface area contributed by atoms with Crippen LogP contribution in [0.1, 0.15) is 6.92 Å². The quantitative estimate of drug-likeness (QED) is 0.358. The molecule has 1 fully saturated rings. The van der Waals surface area contributed by atoms with E-state index >= 15 is 0 Å². The van der Waals surface area contributed by atoms with Gasteiger partial charge < -0.3 is 35.0 Å². The van der Waals surface area contributed by atoms with Gasteiger partial charge in [-0.25, -0.2) is 0 Å². The zero-order valence-electron chi connectivity index (χ0n) is 8.93. The fourth-order valence-electron chi connectivity index (χ4n) is 1.45. The fraction of sp³-hybridized carbons (Fsp3) is 1.00. The van der Waals surface area contributed by atoms with E-state index in [2.05, 4.69) is 0 Å². The number of aliphatic hydroxyl groups is 5. The maximum atomic E-state index is 9.54. The summed E-state index contributed by atoms with van der Waals surface area (Å²) in [4.78, 5) is 0. The van der Waals surface area contributed by atoms with E-state index in [0.29, 0.717) is 0 Å². The van der Waals surface area contributed by atoms with Crippen LogP contribution in [-0.4, -0.2) is 75.6 Å². The molecule has 0 aromatic rings. The number of rotatable bonds is 4. The first kappa shape index (κ1) is 13.8. The maximum Gasteiger partial charge on any atom is 0.187 e. The summed E-state index contributed by atoms with van der Waals surface area (Å²) < 4.78 is 10.2. The highest BCUT2D eigenvalue weighted by Gasteiger charge is 2.44. The first-order valence-corrected chi connectivity index (χ1v) is 5.08. The van der Waals surface area contributed by atoms with Gasteiger partial charge in [0.05, 0.1) is 19.3 Å². The van der Waals surface area contributed by atoms with Crippen molar-refractivity contribution in [3.8, 4) is 0 Å². The Morgan fingerprint density at radius 1 is 1.12 bits per heavy atom. The van der Waals surface area contributed by atoms with E-state index in [1.165, 1.54) is 0 Å². The highest BCUT2D eigenvalue weighted by atomic mass is 16.7. The second-order valence-electron chi connectivity index (χ2n) is 3.83. The van der Waals surface area contributed by atoms with Crippen molar-refractivity contribution in [3.05, 3.63) is 0 Å². The van der Waals surface area contributed by atoms with Crippen molar-refractivity contribution in [1.29, 1.82) is 0 Å². The van der Waals surface area contributed by atoms with Crippen molar-refractivity contribution in [1.82, 2.24) is 0 Å². The summed E-state index contributed by atoms with van der Waals surface area (Å²) in [5, 5.41) is 46.1. The standard InChI is InChI=1S/C9H18O7/c1-4(2-10)15-9-8(14)7(13)6(12)5(3-11)16-9/h4-14H,2-3H2,1H3/t4?,5?,6-,7-,8?,9?/m0/s1. The van der Waals surface area contributed by atoms with E-state index in [4.69, 9.17) is 19.7 Å². The lowest BCUT2D eigenvalue weighted by Crippen LogP contribution is -2.59. The molecule has 1 aliphatic heterocycles. The first-order chi connectivity index (χ1) is 7.51. The molecule has 7 nitrogen and oxygen atoms in total. The van der Waals surface area contributed by atoms with Gasteiger partial charge in [-0.1, -0.05) is 0 Å². The van der Waals surface area contributed by atoms with Gasteiger partial charge in [-0.05, 0) is 6.92 Å². The van der Waals surface area contributed by atoms with E-state index in [1.807, 2.05) is 0 Å². The maximum absolute atomic E-state index is 9.54. The summed E-state index contributed by atoms with van der Waals surface area (Å²) in [6, 6.07) is 0. The Labute approximate surface area is 92.9 Å². The Bertz CT molecular complexity index is 210. The van der Waals surface area contributed by atoms with Crippen LogP contribution in [0.2, 0.25) is 0 Å². The predicted octanol–water partition coefficient (Wildman–Crippen LogP) is -2.82. The monoisotopic (exact) mass is 238 g/mol. The van der Waals surface area contributed by atoms with Crippen LogP contribution in [0.5, 0.6) is 0 Å². The Hall–Kier alpha value is -0.280. The molecular weight excluding hydrogens is 220 g/mol. The summed E-state index contributed by atoms with van der Waals surface area (Å²) in [6.07, 6.45) is -7.04. The molecule has 1 aliphatic rings. The summed E-state index contributed by atoms with van der Waals surface area (Å²) >= 11 is 0. The molecule has 0 aromatic heterocycles. The van der Waals surface area contributed by atoms with Gasteiger partial charge in [0, 0.05) is 0 Å². The van der Waals surface area contributed by atoms with Gasteiger partial charge in [0.2, 0.25) is 0 Å². The van der Waals surface area contributed by atoms with Crippen LogP contribution in [0.3, 0.4) is 0 Å². The van der Waals surface area contributed by atoms with E-state index in [9.17, 15) is 15.3 Å². The Morgan fingerprint density at radius 3 is 2.25 bits per heavy atom. The number of hydrogen-bond acceptors (Lipinski definition) is 7. The number of ether oxygens (including phenoxy) is 2. The lowest BCUT2D eigenvalue weighted by atomic mass is 9.99. The zero-order valence-corrected chi connectivity index (χ0v) is 8.93. The topological polar surface area (TPSA) is 120 Å². The van der Waals surface area contributed by atoms with Crippen molar-refractivity contribution >= 4 is 0 Å². The predicted molar refractivity (Wildman–Crippen MR) is 51.4 cm³/mol. The third kappa shape index (κ3) is 2.89. The molecule has 0 radical (unpaired) electrons. The van der Waals surface area contributed by atoms with Crippen LogP contribution >= 0.6 is 0 Å². The second kappa shape index (κ2) is 5.87. The largest absolute Gasteiger partial charge is 0.394 e. The lowest BCUT2D eigenvalue weighted by molar-refractivity contribution is -0.311. The zero-order chi connectivity index (χ0) is 12.3. The normalized spacial score (nSPS) is 42.0. The average Bonchev–Trinajstić information content (AvgIpc) is 2.29. The molecule has 0 amide bonds. The summed E-state index contributed by atoms with van der Waals surface area (Å²) in [7, 11) is 0. The van der Waals surface area contributed by atoms with Crippen LogP contribution in [-0.2, 0) is 9.47 Å². The molecule has 0 bridgehead atoms. The molecule has 4 unspecified atom stereocenters. The van der Waals surface area contributed by atoms with Crippen molar-refractivity contribution < 1.29 is 35.0 Å². The molecule has 6 atom stereocenters. The van der Waals surface area contributed by atoms with E-state index in [-0.39, 0.29) is 6.61 Å². The lowest BCUT2D eigenvalue weighted by Gasteiger charge is -2.40.